The molecular weight excluding hydrogens is 336 g/mol. The van der Waals surface area contributed by atoms with Crippen LogP contribution in [0.2, 0.25) is 5.15 Å². The Labute approximate surface area is 141 Å². The number of aromatic nitrogens is 4. The predicted octanol–water partition coefficient (Wildman–Crippen LogP) is 3.83. The lowest BCUT2D eigenvalue weighted by molar-refractivity contribution is 0.0694. The van der Waals surface area contributed by atoms with Crippen LogP contribution in [0.4, 0.5) is 0 Å². The quantitative estimate of drug-likeness (QED) is 0.775. The summed E-state index contributed by atoms with van der Waals surface area (Å²) >= 11 is 7.62. The third kappa shape index (κ3) is 2.97. The Hall–Kier alpha value is -2.25. The molecule has 0 saturated carbocycles. The normalized spacial score (nSPS) is 11.8. The first-order chi connectivity index (χ1) is 11.0. The number of rotatable bonds is 4. The van der Waals surface area contributed by atoms with E-state index >= 15 is 0 Å². The standard InChI is InChI=1S/C15H13ClN4O2S/c1-8(2)12-9(14(21)22)7-17-11(18-12)4-3-10-13(16)19-15-20(10)5-6-23-15/h3-8H,1-2H3,(H,21,22)/b4-3+. The first-order valence-electron chi connectivity index (χ1n) is 6.86. The minimum atomic E-state index is -1.02. The Kier molecular flexibility index (Phi) is 4.14. The average molecular weight is 349 g/mol. The van der Waals surface area contributed by atoms with Gasteiger partial charge in [0, 0.05) is 17.8 Å². The van der Waals surface area contributed by atoms with Crippen LogP contribution in [0.5, 0.6) is 0 Å². The second kappa shape index (κ2) is 6.10. The van der Waals surface area contributed by atoms with Gasteiger partial charge in [0.15, 0.2) is 15.9 Å². The zero-order valence-corrected chi connectivity index (χ0v) is 14.0. The second-order valence-corrected chi connectivity index (χ2v) is 6.39. The highest BCUT2D eigenvalue weighted by molar-refractivity contribution is 7.15. The van der Waals surface area contributed by atoms with Crippen LogP contribution in [0.25, 0.3) is 17.1 Å². The fourth-order valence-corrected chi connectivity index (χ4v) is 3.18. The van der Waals surface area contributed by atoms with Gasteiger partial charge in [0.25, 0.3) is 0 Å². The van der Waals surface area contributed by atoms with E-state index in [9.17, 15) is 9.90 Å². The molecule has 0 radical (unpaired) electrons. The third-order valence-electron chi connectivity index (χ3n) is 3.26. The molecule has 1 N–H and O–H groups in total. The molecule has 0 unspecified atom stereocenters. The summed E-state index contributed by atoms with van der Waals surface area (Å²) in [6, 6.07) is 0. The van der Waals surface area contributed by atoms with Gasteiger partial charge in [0.05, 0.1) is 17.0 Å². The lowest BCUT2D eigenvalue weighted by atomic mass is 10.1. The number of carbonyl (C=O) groups is 1. The Morgan fingerprint density at radius 1 is 1.39 bits per heavy atom. The van der Waals surface area contributed by atoms with E-state index in [4.69, 9.17) is 11.6 Å². The van der Waals surface area contributed by atoms with Crippen molar-refractivity contribution < 1.29 is 9.90 Å². The SMILES string of the molecule is CC(C)c1nc(/C=C/c2c(Cl)nc3sccn23)ncc1C(=O)O. The molecule has 8 heteroatoms. The van der Waals surface area contributed by atoms with Gasteiger partial charge >= 0.3 is 5.97 Å². The van der Waals surface area contributed by atoms with Crippen molar-refractivity contribution in [3.8, 4) is 0 Å². The van der Waals surface area contributed by atoms with Crippen LogP contribution < -0.4 is 0 Å². The average Bonchev–Trinajstić information content (AvgIpc) is 3.05. The molecule has 6 nitrogen and oxygen atoms in total. The van der Waals surface area contributed by atoms with Crippen molar-refractivity contribution in [2.45, 2.75) is 19.8 Å². The molecule has 23 heavy (non-hydrogen) atoms. The fourth-order valence-electron chi connectivity index (χ4n) is 2.17. The summed E-state index contributed by atoms with van der Waals surface area (Å²) < 4.78 is 1.87. The molecule has 3 aromatic rings. The van der Waals surface area contributed by atoms with E-state index in [2.05, 4.69) is 15.0 Å². The number of imidazole rings is 1. The Balaban J connectivity index is 1.99. The predicted molar refractivity (Wildman–Crippen MR) is 90.1 cm³/mol. The molecule has 0 saturated heterocycles. The van der Waals surface area contributed by atoms with Crippen molar-refractivity contribution in [2.24, 2.45) is 0 Å². The highest BCUT2D eigenvalue weighted by atomic mass is 35.5. The maximum atomic E-state index is 11.2. The molecule has 0 aromatic carbocycles. The summed E-state index contributed by atoms with van der Waals surface area (Å²) in [5.74, 6) is -0.610. The third-order valence-corrected chi connectivity index (χ3v) is 4.29. The number of hydrogen-bond donors (Lipinski definition) is 1. The van der Waals surface area contributed by atoms with Crippen molar-refractivity contribution in [3.05, 3.63) is 45.7 Å². The first kappa shape index (κ1) is 15.6. The van der Waals surface area contributed by atoms with Crippen LogP contribution in [-0.4, -0.2) is 30.4 Å². The Morgan fingerprint density at radius 2 is 2.17 bits per heavy atom. The summed E-state index contributed by atoms with van der Waals surface area (Å²) in [5, 5.41) is 11.5. The van der Waals surface area contributed by atoms with Gasteiger partial charge in [0.2, 0.25) is 0 Å². The Morgan fingerprint density at radius 3 is 2.87 bits per heavy atom. The van der Waals surface area contributed by atoms with Crippen molar-refractivity contribution in [2.75, 3.05) is 0 Å². The highest BCUT2D eigenvalue weighted by Gasteiger charge is 2.15. The molecule has 0 atom stereocenters. The molecule has 0 spiro atoms. The van der Waals surface area contributed by atoms with E-state index in [0.29, 0.717) is 16.7 Å². The lowest BCUT2D eigenvalue weighted by Gasteiger charge is -2.08. The van der Waals surface area contributed by atoms with Crippen molar-refractivity contribution in [1.29, 1.82) is 0 Å². The molecule has 0 fully saturated rings. The molecule has 0 amide bonds. The molecule has 3 rings (SSSR count). The second-order valence-electron chi connectivity index (χ2n) is 5.16. The van der Waals surface area contributed by atoms with Gasteiger partial charge in [0.1, 0.15) is 0 Å². The molecule has 3 heterocycles. The lowest BCUT2D eigenvalue weighted by Crippen LogP contribution is -2.08. The van der Waals surface area contributed by atoms with Gasteiger partial charge < -0.3 is 5.11 Å². The number of aromatic carboxylic acids is 1. The smallest absolute Gasteiger partial charge is 0.339 e. The van der Waals surface area contributed by atoms with E-state index in [-0.39, 0.29) is 11.5 Å². The van der Waals surface area contributed by atoms with Crippen LogP contribution in [0, 0.1) is 0 Å². The van der Waals surface area contributed by atoms with Crippen LogP contribution in [0.3, 0.4) is 0 Å². The van der Waals surface area contributed by atoms with Gasteiger partial charge in [-0.2, -0.15) is 0 Å². The number of carboxylic acid groups (broad SMARTS) is 1. The minimum absolute atomic E-state index is 0.0154. The highest BCUT2D eigenvalue weighted by Crippen LogP contribution is 2.23. The number of fused-ring (bicyclic) bond motifs is 1. The van der Waals surface area contributed by atoms with E-state index in [1.54, 1.807) is 12.2 Å². The maximum absolute atomic E-state index is 11.2. The fraction of sp³-hybridized carbons (Fsp3) is 0.200. The number of nitrogens with zero attached hydrogens (tertiary/aromatic N) is 4. The van der Waals surface area contributed by atoms with E-state index in [0.717, 1.165) is 10.7 Å². The summed E-state index contributed by atoms with van der Waals surface area (Å²) in [5.41, 5.74) is 1.37. The summed E-state index contributed by atoms with van der Waals surface area (Å²) in [4.78, 5) is 24.7. The minimum Gasteiger partial charge on any atom is -0.478 e. The van der Waals surface area contributed by atoms with Gasteiger partial charge in [-0.25, -0.2) is 19.7 Å². The van der Waals surface area contributed by atoms with Crippen molar-refractivity contribution >= 4 is 46.0 Å². The van der Waals surface area contributed by atoms with Crippen LogP contribution in [0.15, 0.2) is 17.8 Å². The van der Waals surface area contributed by atoms with Gasteiger partial charge in [-0.15, -0.1) is 11.3 Å². The summed E-state index contributed by atoms with van der Waals surface area (Å²) in [6.45, 7) is 3.79. The molecule has 0 aliphatic carbocycles. The zero-order chi connectivity index (χ0) is 16.6. The van der Waals surface area contributed by atoms with Gasteiger partial charge in [-0.05, 0) is 18.1 Å². The number of carboxylic acids is 1. The van der Waals surface area contributed by atoms with E-state index in [1.165, 1.54) is 17.5 Å². The molecule has 0 aliphatic heterocycles. The van der Waals surface area contributed by atoms with Crippen LogP contribution >= 0.6 is 22.9 Å². The summed E-state index contributed by atoms with van der Waals surface area (Å²) in [7, 11) is 0. The molecule has 3 aromatic heterocycles. The van der Waals surface area contributed by atoms with Crippen molar-refractivity contribution in [1.82, 2.24) is 19.4 Å². The largest absolute Gasteiger partial charge is 0.478 e. The number of halogens is 1. The summed E-state index contributed by atoms with van der Waals surface area (Å²) in [6.07, 6.45) is 6.69. The number of thiazole rings is 1. The molecular formula is C15H13ClN4O2S. The van der Waals surface area contributed by atoms with E-state index < -0.39 is 5.97 Å². The molecule has 118 valence electrons. The Bertz CT molecular complexity index is 913. The monoisotopic (exact) mass is 348 g/mol. The zero-order valence-electron chi connectivity index (χ0n) is 12.4. The van der Waals surface area contributed by atoms with E-state index in [1.807, 2.05) is 29.8 Å². The van der Waals surface area contributed by atoms with Crippen molar-refractivity contribution in [3.63, 3.8) is 0 Å². The van der Waals surface area contributed by atoms with Gasteiger partial charge in [-0.1, -0.05) is 25.4 Å². The van der Waals surface area contributed by atoms with Crippen LogP contribution in [0.1, 0.15) is 47.3 Å². The number of hydrogen-bond acceptors (Lipinski definition) is 5. The van der Waals surface area contributed by atoms with Gasteiger partial charge in [-0.3, -0.25) is 4.40 Å². The molecule has 0 aliphatic rings. The topological polar surface area (TPSA) is 80.4 Å². The molecule has 0 bridgehead atoms. The maximum Gasteiger partial charge on any atom is 0.339 e. The first-order valence-corrected chi connectivity index (χ1v) is 8.12. The van der Waals surface area contributed by atoms with Crippen LogP contribution in [-0.2, 0) is 0 Å².